The number of carbonyl (C=O) groups is 1. The van der Waals surface area contributed by atoms with E-state index >= 15 is 0 Å². The number of anilines is 1. The van der Waals surface area contributed by atoms with E-state index in [4.69, 9.17) is 5.73 Å². The summed E-state index contributed by atoms with van der Waals surface area (Å²) in [6.45, 7) is 1.32. The van der Waals surface area contributed by atoms with Crippen molar-refractivity contribution >= 4 is 21.7 Å². The van der Waals surface area contributed by atoms with Crippen LogP contribution in [0.5, 0.6) is 0 Å². The molecule has 0 unspecified atom stereocenters. The Labute approximate surface area is 99.8 Å². The number of nitrogen functional groups attached to an aromatic ring is 1. The minimum absolute atomic E-state index is 0.0268. The Hall–Kier alpha value is -1.60. The Bertz CT molecular complexity index is 505. The molecule has 0 radical (unpaired) electrons. The van der Waals surface area contributed by atoms with Crippen LogP contribution in [-0.2, 0) is 19.6 Å². The van der Waals surface area contributed by atoms with Gasteiger partial charge in [0.05, 0.1) is 12.0 Å². The van der Waals surface area contributed by atoms with Crippen LogP contribution in [0.4, 0.5) is 5.69 Å². The molecule has 0 bridgehead atoms. The van der Waals surface area contributed by atoms with Crippen molar-refractivity contribution in [2.24, 2.45) is 0 Å². The Morgan fingerprint density at radius 1 is 1.41 bits per heavy atom. The zero-order valence-corrected chi connectivity index (χ0v) is 10.4. The summed E-state index contributed by atoms with van der Waals surface area (Å²) in [5.74, 6) is -0.658. The normalized spacial score (nSPS) is 11.2. The first-order valence-electron chi connectivity index (χ1n) is 4.79. The minimum atomic E-state index is -3.74. The monoisotopic (exact) mass is 258 g/mol. The molecule has 0 saturated heterocycles. The van der Waals surface area contributed by atoms with Gasteiger partial charge in [0.1, 0.15) is 6.54 Å². The highest BCUT2D eigenvalue weighted by molar-refractivity contribution is 7.89. The predicted molar refractivity (Wildman–Crippen MR) is 62.8 cm³/mol. The zero-order chi connectivity index (χ0) is 13.1. The van der Waals surface area contributed by atoms with Crippen molar-refractivity contribution in [1.29, 1.82) is 0 Å². The van der Waals surface area contributed by atoms with Gasteiger partial charge in [-0.3, -0.25) is 4.79 Å². The van der Waals surface area contributed by atoms with Crippen LogP contribution >= 0.6 is 0 Å². The second-order valence-corrected chi connectivity index (χ2v) is 5.25. The average Bonchev–Trinajstić information content (AvgIpc) is 2.24. The summed E-state index contributed by atoms with van der Waals surface area (Å²) < 4.78 is 30.0. The molecule has 0 fully saturated rings. The Kier molecular flexibility index (Phi) is 4.08. The molecule has 1 aromatic rings. The van der Waals surface area contributed by atoms with Crippen LogP contribution in [0, 0.1) is 6.92 Å². The maximum Gasteiger partial charge on any atom is 0.320 e. The van der Waals surface area contributed by atoms with Crippen LogP contribution in [-0.4, -0.2) is 28.0 Å². The lowest BCUT2D eigenvalue weighted by Gasteiger charge is -2.07. The molecule has 1 rings (SSSR count). The lowest BCUT2D eigenvalue weighted by Crippen LogP contribution is -2.30. The molecule has 0 heterocycles. The van der Waals surface area contributed by atoms with Crippen molar-refractivity contribution < 1.29 is 17.9 Å². The van der Waals surface area contributed by atoms with E-state index in [1.54, 1.807) is 13.0 Å². The van der Waals surface area contributed by atoms with Crippen molar-refractivity contribution in [1.82, 2.24) is 4.72 Å². The number of benzene rings is 1. The van der Waals surface area contributed by atoms with E-state index < -0.39 is 22.5 Å². The smallest absolute Gasteiger partial charge is 0.320 e. The van der Waals surface area contributed by atoms with Gasteiger partial charge in [0.25, 0.3) is 0 Å². The molecule has 17 heavy (non-hydrogen) atoms. The number of esters is 1. The molecular weight excluding hydrogens is 244 g/mol. The summed E-state index contributed by atoms with van der Waals surface area (Å²) in [7, 11) is -2.56. The molecule has 3 N–H and O–H groups in total. The maximum absolute atomic E-state index is 11.8. The van der Waals surface area contributed by atoms with Crippen LogP contribution in [0.3, 0.4) is 0 Å². The topological polar surface area (TPSA) is 98.5 Å². The fourth-order valence-electron chi connectivity index (χ4n) is 1.24. The second kappa shape index (κ2) is 5.15. The van der Waals surface area contributed by atoms with Gasteiger partial charge in [0.2, 0.25) is 10.0 Å². The molecule has 0 aliphatic heterocycles. The molecule has 0 aromatic heterocycles. The molecule has 1 aromatic carbocycles. The van der Waals surface area contributed by atoms with Crippen LogP contribution in [0.2, 0.25) is 0 Å². The molecule has 0 aliphatic carbocycles. The number of nitrogens with two attached hydrogens (primary N) is 1. The van der Waals surface area contributed by atoms with Crippen molar-refractivity contribution in [3.8, 4) is 0 Å². The summed E-state index contributed by atoms with van der Waals surface area (Å²) in [5.41, 5.74) is 6.63. The van der Waals surface area contributed by atoms with E-state index in [1.807, 2.05) is 0 Å². The molecule has 0 amide bonds. The van der Waals surface area contributed by atoms with E-state index in [-0.39, 0.29) is 4.90 Å². The third-order valence-electron chi connectivity index (χ3n) is 2.02. The summed E-state index contributed by atoms with van der Waals surface area (Å²) in [5, 5.41) is 0. The van der Waals surface area contributed by atoms with E-state index in [1.165, 1.54) is 19.2 Å². The highest BCUT2D eigenvalue weighted by atomic mass is 32.2. The molecule has 0 saturated carbocycles. The molecule has 0 atom stereocenters. The van der Waals surface area contributed by atoms with Crippen LogP contribution in [0.15, 0.2) is 23.1 Å². The van der Waals surface area contributed by atoms with Crippen LogP contribution in [0.1, 0.15) is 5.56 Å². The first-order valence-corrected chi connectivity index (χ1v) is 6.27. The van der Waals surface area contributed by atoms with Crippen molar-refractivity contribution in [2.75, 3.05) is 19.4 Å². The Morgan fingerprint density at radius 3 is 2.59 bits per heavy atom. The Balaban J connectivity index is 2.93. The van der Waals surface area contributed by atoms with E-state index in [0.717, 1.165) is 5.56 Å². The SMILES string of the molecule is COC(=O)CNS(=O)(=O)c1cc(C)cc(N)c1. The lowest BCUT2D eigenvalue weighted by molar-refractivity contribution is -0.139. The molecule has 0 aliphatic rings. The number of hydrogen-bond acceptors (Lipinski definition) is 5. The largest absolute Gasteiger partial charge is 0.468 e. The first-order chi connectivity index (χ1) is 7.85. The van der Waals surface area contributed by atoms with Gasteiger partial charge in [0, 0.05) is 5.69 Å². The highest BCUT2D eigenvalue weighted by Gasteiger charge is 2.16. The standard InChI is InChI=1S/C10H14N2O4S/c1-7-3-8(11)5-9(4-7)17(14,15)12-6-10(13)16-2/h3-5,12H,6,11H2,1-2H3. The van der Waals surface area contributed by atoms with Gasteiger partial charge in [-0.15, -0.1) is 0 Å². The average molecular weight is 258 g/mol. The van der Waals surface area contributed by atoms with Gasteiger partial charge >= 0.3 is 5.97 Å². The molecule has 0 spiro atoms. The minimum Gasteiger partial charge on any atom is -0.468 e. The second-order valence-electron chi connectivity index (χ2n) is 3.48. The molecule has 6 nitrogen and oxygen atoms in total. The highest BCUT2D eigenvalue weighted by Crippen LogP contribution is 2.15. The van der Waals surface area contributed by atoms with Gasteiger partial charge in [0.15, 0.2) is 0 Å². The van der Waals surface area contributed by atoms with Crippen molar-refractivity contribution in [2.45, 2.75) is 11.8 Å². The van der Waals surface area contributed by atoms with Gasteiger partial charge in [-0.1, -0.05) is 0 Å². The summed E-state index contributed by atoms with van der Waals surface area (Å²) in [4.78, 5) is 10.9. The Morgan fingerprint density at radius 2 is 2.06 bits per heavy atom. The van der Waals surface area contributed by atoms with E-state index in [2.05, 4.69) is 9.46 Å². The predicted octanol–water partition coefficient (Wildman–Crippen LogP) is 0.0285. The number of ether oxygens (including phenoxy) is 1. The third-order valence-corrected chi connectivity index (χ3v) is 3.40. The number of aryl methyl sites for hydroxylation is 1. The van der Waals surface area contributed by atoms with Gasteiger partial charge in [-0.2, -0.15) is 4.72 Å². The van der Waals surface area contributed by atoms with E-state index in [0.29, 0.717) is 5.69 Å². The summed E-state index contributed by atoms with van der Waals surface area (Å²) in [6, 6.07) is 4.45. The lowest BCUT2D eigenvalue weighted by atomic mass is 10.2. The molecule has 94 valence electrons. The summed E-state index contributed by atoms with van der Waals surface area (Å²) in [6.07, 6.45) is 0. The zero-order valence-electron chi connectivity index (χ0n) is 9.56. The summed E-state index contributed by atoms with van der Waals surface area (Å²) >= 11 is 0. The van der Waals surface area contributed by atoms with Gasteiger partial charge in [-0.25, -0.2) is 8.42 Å². The van der Waals surface area contributed by atoms with E-state index in [9.17, 15) is 13.2 Å². The van der Waals surface area contributed by atoms with Crippen molar-refractivity contribution in [3.63, 3.8) is 0 Å². The number of carbonyl (C=O) groups excluding carboxylic acids is 1. The quantitative estimate of drug-likeness (QED) is 0.586. The number of rotatable bonds is 4. The number of sulfonamides is 1. The van der Waals surface area contributed by atoms with Gasteiger partial charge < -0.3 is 10.5 Å². The fraction of sp³-hybridized carbons (Fsp3) is 0.300. The first kappa shape index (κ1) is 13.5. The van der Waals surface area contributed by atoms with Crippen molar-refractivity contribution in [3.05, 3.63) is 23.8 Å². The third kappa shape index (κ3) is 3.72. The molecule has 7 heteroatoms. The van der Waals surface area contributed by atoms with Crippen LogP contribution in [0.25, 0.3) is 0 Å². The fourth-order valence-corrected chi connectivity index (χ4v) is 2.35. The maximum atomic E-state index is 11.8. The number of methoxy groups -OCH3 is 1. The number of hydrogen-bond donors (Lipinski definition) is 2. The van der Waals surface area contributed by atoms with Gasteiger partial charge in [-0.05, 0) is 30.7 Å². The van der Waals surface area contributed by atoms with Crippen LogP contribution < -0.4 is 10.5 Å². The number of nitrogens with one attached hydrogen (secondary N) is 1. The molecular formula is C10H14N2O4S.